The van der Waals surface area contributed by atoms with Crippen molar-refractivity contribution in [2.24, 2.45) is 4.40 Å². The molecule has 0 spiro atoms. The molecule has 8 nitrogen and oxygen atoms in total. The molecule has 0 bridgehead atoms. The monoisotopic (exact) mass is 481 g/mol. The summed E-state index contributed by atoms with van der Waals surface area (Å²) in [7, 11) is -2.51. The number of sulfonamides is 1. The van der Waals surface area contributed by atoms with Gasteiger partial charge in [-0.25, -0.2) is 0 Å². The Bertz CT molecular complexity index is 1120. The highest BCUT2D eigenvalue weighted by Crippen LogP contribution is 2.31. The predicted octanol–water partition coefficient (Wildman–Crippen LogP) is 3.39. The van der Waals surface area contributed by atoms with Crippen molar-refractivity contribution < 1.29 is 22.7 Å². The van der Waals surface area contributed by atoms with E-state index in [-0.39, 0.29) is 34.8 Å². The average molecular weight is 482 g/mol. The lowest BCUT2D eigenvalue weighted by molar-refractivity contribution is -0.128. The first-order valence-corrected chi connectivity index (χ1v) is 12.0. The minimum atomic E-state index is -4.03. The highest BCUT2D eigenvalue weighted by Gasteiger charge is 2.39. The van der Waals surface area contributed by atoms with Crippen LogP contribution in [-0.4, -0.2) is 49.2 Å². The molecule has 0 aliphatic carbocycles. The minimum Gasteiger partial charge on any atom is -0.497 e. The third kappa shape index (κ3) is 5.57. The van der Waals surface area contributed by atoms with Crippen molar-refractivity contribution in [3.63, 3.8) is 0 Å². The second-order valence-electron chi connectivity index (χ2n) is 6.48. The van der Waals surface area contributed by atoms with Crippen LogP contribution in [-0.2, 0) is 19.6 Å². The molecule has 1 atom stereocenters. The Morgan fingerprint density at radius 3 is 2.61 bits per heavy atom. The van der Waals surface area contributed by atoms with Crippen LogP contribution >= 0.6 is 23.4 Å². The lowest BCUT2D eigenvalue weighted by Gasteiger charge is -2.13. The lowest BCUT2D eigenvalue weighted by Crippen LogP contribution is -2.33. The van der Waals surface area contributed by atoms with E-state index in [0.717, 1.165) is 11.8 Å². The topological polar surface area (TPSA) is 105 Å². The molecule has 0 saturated carbocycles. The number of thioether (sulfide) groups is 1. The van der Waals surface area contributed by atoms with Crippen LogP contribution in [0.3, 0.4) is 0 Å². The SMILES string of the molecule is CCN1C(=O)[C@H](CC(=O)Nc2cccc(OC)c2)SC1=NS(=O)(=O)c1ccc(Cl)cc1. The summed E-state index contributed by atoms with van der Waals surface area (Å²) in [5.74, 6) is -0.154. The summed E-state index contributed by atoms with van der Waals surface area (Å²) in [4.78, 5) is 26.4. The van der Waals surface area contributed by atoms with E-state index >= 15 is 0 Å². The number of anilines is 1. The van der Waals surface area contributed by atoms with Gasteiger partial charge in [-0.1, -0.05) is 29.4 Å². The van der Waals surface area contributed by atoms with Crippen LogP contribution < -0.4 is 10.1 Å². The molecule has 0 aromatic heterocycles. The molecular formula is C20H20ClN3O5S2. The van der Waals surface area contributed by atoms with Gasteiger partial charge in [-0.15, -0.1) is 4.40 Å². The first kappa shape index (κ1) is 23.1. The molecule has 2 amide bonds. The number of carbonyl (C=O) groups is 2. The fourth-order valence-corrected chi connectivity index (χ4v) is 5.39. The van der Waals surface area contributed by atoms with E-state index in [1.807, 2.05) is 0 Å². The van der Waals surface area contributed by atoms with Gasteiger partial charge in [-0.2, -0.15) is 8.42 Å². The molecular weight excluding hydrogens is 462 g/mol. The van der Waals surface area contributed by atoms with Crippen LogP contribution in [0.1, 0.15) is 13.3 Å². The van der Waals surface area contributed by atoms with Gasteiger partial charge >= 0.3 is 0 Å². The Labute approximate surface area is 189 Å². The molecule has 0 unspecified atom stereocenters. The number of benzene rings is 2. The number of nitrogens with zero attached hydrogens (tertiary/aromatic N) is 2. The van der Waals surface area contributed by atoms with Crippen LogP contribution in [0.4, 0.5) is 5.69 Å². The van der Waals surface area contributed by atoms with Gasteiger partial charge in [-0.05, 0) is 43.3 Å². The van der Waals surface area contributed by atoms with Crippen molar-refractivity contribution in [3.05, 3.63) is 53.6 Å². The van der Waals surface area contributed by atoms with E-state index in [0.29, 0.717) is 16.5 Å². The summed E-state index contributed by atoms with van der Waals surface area (Å²) in [6.07, 6.45) is -0.128. The van der Waals surface area contributed by atoms with Gasteiger partial charge in [0.05, 0.1) is 12.0 Å². The largest absolute Gasteiger partial charge is 0.497 e. The molecule has 11 heteroatoms. The lowest BCUT2D eigenvalue weighted by atomic mass is 10.2. The minimum absolute atomic E-state index is 0.0345. The maximum atomic E-state index is 12.7. The van der Waals surface area contributed by atoms with Crippen molar-refractivity contribution in [1.29, 1.82) is 0 Å². The fourth-order valence-electron chi connectivity index (χ4n) is 2.84. The summed E-state index contributed by atoms with van der Waals surface area (Å²) in [6.45, 7) is 1.94. The van der Waals surface area contributed by atoms with Gasteiger partial charge in [0.2, 0.25) is 11.8 Å². The Hall–Kier alpha value is -2.56. The quantitative estimate of drug-likeness (QED) is 0.649. The smallest absolute Gasteiger partial charge is 0.284 e. The molecule has 2 aromatic carbocycles. The number of amides is 2. The van der Waals surface area contributed by atoms with Crippen LogP contribution in [0.2, 0.25) is 5.02 Å². The molecule has 3 rings (SSSR count). The zero-order valence-corrected chi connectivity index (χ0v) is 19.1. The molecule has 1 saturated heterocycles. The van der Waals surface area contributed by atoms with E-state index in [1.165, 1.54) is 36.3 Å². The van der Waals surface area contributed by atoms with E-state index in [9.17, 15) is 18.0 Å². The summed E-state index contributed by atoms with van der Waals surface area (Å²) in [5.41, 5.74) is 0.534. The number of rotatable bonds is 7. The zero-order valence-electron chi connectivity index (χ0n) is 16.7. The third-order valence-electron chi connectivity index (χ3n) is 4.37. The maximum absolute atomic E-state index is 12.7. The molecule has 1 aliphatic heterocycles. The third-order valence-corrected chi connectivity index (χ3v) is 7.19. The molecule has 1 fully saturated rings. The van der Waals surface area contributed by atoms with E-state index in [2.05, 4.69) is 9.71 Å². The Morgan fingerprint density at radius 2 is 1.97 bits per heavy atom. The van der Waals surface area contributed by atoms with Gasteiger partial charge in [-0.3, -0.25) is 14.5 Å². The second-order valence-corrected chi connectivity index (χ2v) is 9.69. The Balaban J connectivity index is 1.75. The molecule has 2 aromatic rings. The first-order chi connectivity index (χ1) is 14.7. The maximum Gasteiger partial charge on any atom is 0.284 e. The van der Waals surface area contributed by atoms with E-state index < -0.39 is 15.3 Å². The van der Waals surface area contributed by atoms with Gasteiger partial charge < -0.3 is 10.1 Å². The molecule has 1 heterocycles. The number of hydrogen-bond acceptors (Lipinski definition) is 6. The number of halogens is 1. The van der Waals surface area contributed by atoms with Crippen molar-refractivity contribution in [3.8, 4) is 5.75 Å². The Morgan fingerprint density at radius 1 is 1.26 bits per heavy atom. The Kier molecular flexibility index (Phi) is 7.24. The van der Waals surface area contributed by atoms with E-state index in [1.54, 1.807) is 31.2 Å². The first-order valence-electron chi connectivity index (χ1n) is 9.26. The molecule has 164 valence electrons. The number of methoxy groups -OCH3 is 1. The summed E-state index contributed by atoms with van der Waals surface area (Å²) >= 11 is 6.77. The normalized spacial score (nSPS) is 17.8. The van der Waals surface area contributed by atoms with Gasteiger partial charge in [0.25, 0.3) is 10.0 Å². The van der Waals surface area contributed by atoms with Crippen LogP contribution in [0.5, 0.6) is 5.75 Å². The molecule has 1 aliphatic rings. The molecule has 1 N–H and O–H groups in total. The van der Waals surface area contributed by atoms with Crippen molar-refractivity contribution in [1.82, 2.24) is 4.90 Å². The van der Waals surface area contributed by atoms with E-state index in [4.69, 9.17) is 16.3 Å². The van der Waals surface area contributed by atoms with Crippen molar-refractivity contribution in [2.45, 2.75) is 23.5 Å². The number of ether oxygens (including phenoxy) is 1. The second kappa shape index (κ2) is 9.71. The number of nitrogens with one attached hydrogen (secondary N) is 1. The van der Waals surface area contributed by atoms with Gasteiger partial charge in [0.1, 0.15) is 11.0 Å². The van der Waals surface area contributed by atoms with Crippen LogP contribution in [0, 0.1) is 0 Å². The van der Waals surface area contributed by atoms with Crippen molar-refractivity contribution in [2.75, 3.05) is 19.0 Å². The predicted molar refractivity (Wildman–Crippen MR) is 121 cm³/mol. The van der Waals surface area contributed by atoms with Crippen LogP contribution in [0.15, 0.2) is 57.8 Å². The summed E-state index contributed by atoms with van der Waals surface area (Å²) in [5, 5.41) is 2.38. The standard InChI is InChI=1S/C20H20ClN3O5S2/c1-3-24-19(26)17(12-18(25)22-14-5-4-6-15(11-14)29-2)30-20(24)23-31(27,28)16-9-7-13(21)8-10-16/h4-11,17H,3,12H2,1-2H3,(H,22,25)/t17-/m0/s1. The zero-order chi connectivity index (χ0) is 22.6. The number of carbonyl (C=O) groups excluding carboxylic acids is 2. The van der Waals surface area contributed by atoms with Crippen molar-refractivity contribution >= 4 is 56.1 Å². The molecule has 0 radical (unpaired) electrons. The highest BCUT2D eigenvalue weighted by molar-refractivity contribution is 8.16. The summed E-state index contributed by atoms with van der Waals surface area (Å²) < 4.78 is 34.2. The molecule has 31 heavy (non-hydrogen) atoms. The highest BCUT2D eigenvalue weighted by atomic mass is 35.5. The average Bonchev–Trinajstić information content (AvgIpc) is 3.01. The van der Waals surface area contributed by atoms with Crippen LogP contribution in [0.25, 0.3) is 0 Å². The summed E-state index contributed by atoms with van der Waals surface area (Å²) in [6, 6.07) is 12.4. The fraction of sp³-hybridized carbons (Fsp3) is 0.250. The number of amidine groups is 1. The number of hydrogen-bond donors (Lipinski definition) is 1. The van der Waals surface area contributed by atoms with Gasteiger partial charge in [0, 0.05) is 29.7 Å². The van der Waals surface area contributed by atoms with Gasteiger partial charge in [0.15, 0.2) is 5.17 Å².